The molecule has 1 unspecified atom stereocenters. The van der Waals surface area contributed by atoms with Gasteiger partial charge in [0.15, 0.2) is 0 Å². The Morgan fingerprint density at radius 3 is 2.35 bits per heavy atom. The largest absolute Gasteiger partial charge is 0.497 e. The van der Waals surface area contributed by atoms with Gasteiger partial charge in [-0.2, -0.15) is 0 Å². The van der Waals surface area contributed by atoms with Gasteiger partial charge in [-0.15, -0.1) is 0 Å². The number of piperidine rings is 1. The molecule has 5 heteroatoms. The third kappa shape index (κ3) is 4.98. The highest BCUT2D eigenvalue weighted by Gasteiger charge is 2.25. The van der Waals surface area contributed by atoms with Crippen molar-refractivity contribution in [1.29, 1.82) is 0 Å². The minimum Gasteiger partial charge on any atom is -0.497 e. The van der Waals surface area contributed by atoms with E-state index in [-0.39, 0.29) is 24.7 Å². The first-order chi connectivity index (χ1) is 11.0. The molecule has 23 heavy (non-hydrogen) atoms. The standard InChI is InChI=1S/C18H25NO4/c1-13-7-9-19(10-8-13)17(20)11-15(12-18(21)22)14-3-5-16(23-2)6-4-14/h3-6,13,15H,7-12H2,1-2H3,(H,21,22). The summed E-state index contributed by atoms with van der Waals surface area (Å²) in [6.07, 6.45) is 2.26. The Morgan fingerprint density at radius 1 is 1.22 bits per heavy atom. The molecular weight excluding hydrogens is 294 g/mol. The van der Waals surface area contributed by atoms with Crippen LogP contribution >= 0.6 is 0 Å². The average molecular weight is 319 g/mol. The van der Waals surface area contributed by atoms with E-state index >= 15 is 0 Å². The number of methoxy groups -OCH3 is 1. The van der Waals surface area contributed by atoms with Gasteiger partial charge < -0.3 is 14.7 Å². The summed E-state index contributed by atoms with van der Waals surface area (Å²) in [5, 5.41) is 9.15. The first kappa shape index (κ1) is 17.3. The number of hydrogen-bond acceptors (Lipinski definition) is 3. The molecule has 0 saturated carbocycles. The van der Waals surface area contributed by atoms with Crippen molar-refractivity contribution >= 4 is 11.9 Å². The maximum absolute atomic E-state index is 12.5. The molecule has 1 amide bonds. The summed E-state index contributed by atoms with van der Waals surface area (Å²) in [5.74, 6) is 0.254. The lowest BCUT2D eigenvalue weighted by atomic mass is 9.91. The number of hydrogen-bond donors (Lipinski definition) is 1. The van der Waals surface area contributed by atoms with Gasteiger partial charge in [-0.3, -0.25) is 9.59 Å². The highest BCUT2D eigenvalue weighted by molar-refractivity contribution is 5.78. The maximum atomic E-state index is 12.5. The predicted molar refractivity (Wildman–Crippen MR) is 87.6 cm³/mol. The van der Waals surface area contributed by atoms with E-state index in [0.717, 1.165) is 37.2 Å². The van der Waals surface area contributed by atoms with Gasteiger partial charge in [0.1, 0.15) is 5.75 Å². The molecular formula is C18H25NO4. The molecule has 1 aliphatic rings. The van der Waals surface area contributed by atoms with Gasteiger partial charge in [-0.05, 0) is 36.5 Å². The normalized spacial score (nSPS) is 16.9. The van der Waals surface area contributed by atoms with Gasteiger partial charge in [-0.25, -0.2) is 0 Å². The molecule has 1 heterocycles. The Kier molecular flexibility index (Phi) is 6.02. The number of ether oxygens (including phenoxy) is 1. The number of carboxylic acids is 1. The fourth-order valence-electron chi connectivity index (χ4n) is 2.99. The highest BCUT2D eigenvalue weighted by atomic mass is 16.5. The van der Waals surface area contributed by atoms with Gasteiger partial charge in [0.2, 0.25) is 5.91 Å². The lowest BCUT2D eigenvalue weighted by Gasteiger charge is -2.31. The van der Waals surface area contributed by atoms with E-state index in [9.17, 15) is 9.59 Å². The molecule has 1 atom stereocenters. The maximum Gasteiger partial charge on any atom is 0.303 e. The van der Waals surface area contributed by atoms with Crippen molar-refractivity contribution in [3.63, 3.8) is 0 Å². The van der Waals surface area contributed by atoms with Crippen molar-refractivity contribution in [2.75, 3.05) is 20.2 Å². The van der Waals surface area contributed by atoms with E-state index in [1.165, 1.54) is 0 Å². The van der Waals surface area contributed by atoms with Crippen LogP contribution in [0.2, 0.25) is 0 Å². The molecule has 1 aromatic carbocycles. The van der Waals surface area contributed by atoms with Gasteiger partial charge >= 0.3 is 5.97 Å². The van der Waals surface area contributed by atoms with Gasteiger partial charge in [0.05, 0.1) is 13.5 Å². The summed E-state index contributed by atoms with van der Waals surface area (Å²) >= 11 is 0. The molecule has 2 rings (SSSR count). The number of nitrogens with zero attached hydrogens (tertiary/aromatic N) is 1. The van der Waals surface area contributed by atoms with Crippen LogP contribution in [0.5, 0.6) is 5.75 Å². The van der Waals surface area contributed by atoms with Gasteiger partial charge in [0, 0.05) is 25.4 Å². The zero-order valence-electron chi connectivity index (χ0n) is 13.8. The fourth-order valence-corrected chi connectivity index (χ4v) is 2.99. The Hall–Kier alpha value is -2.04. The predicted octanol–water partition coefficient (Wildman–Crippen LogP) is 2.90. The topological polar surface area (TPSA) is 66.8 Å². The summed E-state index contributed by atoms with van der Waals surface area (Å²) in [4.78, 5) is 25.5. The molecule has 126 valence electrons. The molecule has 0 aliphatic carbocycles. The lowest BCUT2D eigenvalue weighted by molar-refractivity contribution is -0.138. The lowest BCUT2D eigenvalue weighted by Crippen LogP contribution is -2.38. The number of rotatable bonds is 6. The second-order valence-electron chi connectivity index (χ2n) is 6.34. The van der Waals surface area contributed by atoms with Crippen molar-refractivity contribution in [2.45, 2.75) is 38.5 Å². The van der Waals surface area contributed by atoms with E-state index in [1.807, 2.05) is 17.0 Å². The Morgan fingerprint density at radius 2 is 1.83 bits per heavy atom. The number of benzene rings is 1. The van der Waals surface area contributed by atoms with Crippen LogP contribution in [0.1, 0.15) is 44.1 Å². The number of carboxylic acid groups (broad SMARTS) is 1. The first-order valence-electron chi connectivity index (χ1n) is 8.13. The van der Waals surface area contributed by atoms with Crippen molar-refractivity contribution in [2.24, 2.45) is 5.92 Å². The molecule has 0 radical (unpaired) electrons. The van der Waals surface area contributed by atoms with Crippen molar-refractivity contribution < 1.29 is 19.4 Å². The van der Waals surface area contributed by atoms with Crippen LogP contribution < -0.4 is 4.74 Å². The minimum atomic E-state index is -0.883. The number of aliphatic carboxylic acids is 1. The van der Waals surface area contributed by atoms with E-state index in [0.29, 0.717) is 5.92 Å². The summed E-state index contributed by atoms with van der Waals surface area (Å²) in [5.41, 5.74) is 0.868. The number of amides is 1. The van der Waals surface area contributed by atoms with Crippen molar-refractivity contribution in [1.82, 2.24) is 4.90 Å². The first-order valence-corrected chi connectivity index (χ1v) is 8.13. The monoisotopic (exact) mass is 319 g/mol. The molecule has 1 aliphatic heterocycles. The van der Waals surface area contributed by atoms with Gasteiger partial charge in [0.25, 0.3) is 0 Å². The van der Waals surface area contributed by atoms with E-state index < -0.39 is 5.97 Å². The fraction of sp³-hybridized carbons (Fsp3) is 0.556. The van der Waals surface area contributed by atoms with E-state index in [4.69, 9.17) is 9.84 Å². The molecule has 5 nitrogen and oxygen atoms in total. The molecule has 1 N–H and O–H groups in total. The third-order valence-corrected chi connectivity index (χ3v) is 4.57. The molecule has 1 aromatic rings. The van der Waals surface area contributed by atoms with Gasteiger partial charge in [-0.1, -0.05) is 19.1 Å². The van der Waals surface area contributed by atoms with Crippen LogP contribution in [0.25, 0.3) is 0 Å². The number of carbonyl (C=O) groups excluding carboxylic acids is 1. The summed E-state index contributed by atoms with van der Waals surface area (Å²) in [6.45, 7) is 3.76. The zero-order chi connectivity index (χ0) is 16.8. The van der Waals surface area contributed by atoms with E-state index in [2.05, 4.69) is 6.92 Å². The third-order valence-electron chi connectivity index (χ3n) is 4.57. The Balaban J connectivity index is 2.05. The quantitative estimate of drug-likeness (QED) is 0.875. The second kappa shape index (κ2) is 7.99. The van der Waals surface area contributed by atoms with E-state index in [1.54, 1.807) is 19.2 Å². The molecule has 1 saturated heterocycles. The summed E-state index contributed by atoms with van der Waals surface area (Å²) < 4.78 is 5.12. The molecule has 0 bridgehead atoms. The SMILES string of the molecule is COc1ccc(C(CC(=O)O)CC(=O)N2CCC(C)CC2)cc1. The molecule has 1 fully saturated rings. The minimum absolute atomic E-state index is 0.0394. The Bertz CT molecular complexity index is 532. The zero-order valence-corrected chi connectivity index (χ0v) is 13.8. The number of likely N-dealkylation sites (tertiary alicyclic amines) is 1. The Labute approximate surface area is 137 Å². The van der Waals surface area contributed by atoms with Crippen LogP contribution in [0, 0.1) is 5.92 Å². The highest BCUT2D eigenvalue weighted by Crippen LogP contribution is 2.27. The molecule has 0 aromatic heterocycles. The summed E-state index contributed by atoms with van der Waals surface area (Å²) in [6, 6.07) is 7.30. The van der Waals surface area contributed by atoms with Crippen LogP contribution in [0.3, 0.4) is 0 Å². The average Bonchev–Trinajstić information content (AvgIpc) is 2.54. The number of carbonyl (C=O) groups is 2. The second-order valence-corrected chi connectivity index (χ2v) is 6.34. The van der Waals surface area contributed by atoms with Crippen LogP contribution in [0.15, 0.2) is 24.3 Å². The van der Waals surface area contributed by atoms with Crippen LogP contribution in [-0.4, -0.2) is 42.1 Å². The molecule has 0 spiro atoms. The van der Waals surface area contributed by atoms with Crippen LogP contribution in [0.4, 0.5) is 0 Å². The van der Waals surface area contributed by atoms with Crippen LogP contribution in [-0.2, 0) is 9.59 Å². The van der Waals surface area contributed by atoms with Crippen molar-refractivity contribution in [3.8, 4) is 5.75 Å². The summed E-state index contributed by atoms with van der Waals surface area (Å²) in [7, 11) is 1.59. The smallest absolute Gasteiger partial charge is 0.303 e. The van der Waals surface area contributed by atoms with Crippen molar-refractivity contribution in [3.05, 3.63) is 29.8 Å².